The van der Waals surface area contributed by atoms with Crippen molar-refractivity contribution in [1.29, 1.82) is 0 Å². The van der Waals surface area contributed by atoms with E-state index in [-0.39, 0.29) is 0 Å². The smallest absolute Gasteiger partial charge is 0.126 e. The van der Waals surface area contributed by atoms with Gasteiger partial charge in [-0.3, -0.25) is 4.68 Å². The van der Waals surface area contributed by atoms with Crippen LogP contribution in [0.2, 0.25) is 0 Å². The molecule has 2 aromatic heterocycles. The van der Waals surface area contributed by atoms with E-state index in [0.717, 1.165) is 24.6 Å². The Labute approximate surface area is 94.3 Å². The lowest BCUT2D eigenvalue weighted by molar-refractivity contribution is 0.637. The number of nitrogens with two attached hydrogens (primary N) is 1. The molecule has 0 aliphatic carbocycles. The lowest BCUT2D eigenvalue weighted by Gasteiger charge is -2.05. The monoisotopic (exact) mass is 217 g/mol. The molecule has 2 heterocycles. The molecule has 0 aliphatic rings. The second kappa shape index (κ2) is 4.65. The number of rotatable bonds is 4. The summed E-state index contributed by atoms with van der Waals surface area (Å²) in [7, 11) is 0. The summed E-state index contributed by atoms with van der Waals surface area (Å²) < 4.78 is 1.80. The molecule has 0 fully saturated rings. The Balaban J connectivity index is 1.84. The third-order valence-electron chi connectivity index (χ3n) is 2.19. The van der Waals surface area contributed by atoms with Crippen LogP contribution in [0.25, 0.3) is 0 Å². The minimum atomic E-state index is 0.689. The fourth-order valence-electron chi connectivity index (χ4n) is 1.44. The summed E-state index contributed by atoms with van der Waals surface area (Å²) in [5.74, 6) is 0.889. The zero-order chi connectivity index (χ0) is 11.4. The summed E-state index contributed by atoms with van der Waals surface area (Å²) in [6, 6.07) is 5.90. The van der Waals surface area contributed by atoms with E-state index in [1.807, 2.05) is 31.3 Å². The van der Waals surface area contributed by atoms with Crippen molar-refractivity contribution in [1.82, 2.24) is 14.8 Å². The summed E-state index contributed by atoms with van der Waals surface area (Å²) in [5, 5.41) is 7.33. The van der Waals surface area contributed by atoms with Crippen molar-refractivity contribution in [2.45, 2.75) is 13.5 Å². The molecule has 0 spiro atoms. The van der Waals surface area contributed by atoms with E-state index >= 15 is 0 Å². The van der Waals surface area contributed by atoms with Crippen LogP contribution >= 0.6 is 0 Å². The predicted octanol–water partition coefficient (Wildman–Crippen LogP) is 1.28. The van der Waals surface area contributed by atoms with Crippen molar-refractivity contribution in [2.24, 2.45) is 0 Å². The van der Waals surface area contributed by atoms with Gasteiger partial charge in [0.25, 0.3) is 0 Å². The lowest BCUT2D eigenvalue weighted by Crippen LogP contribution is -2.11. The van der Waals surface area contributed by atoms with Gasteiger partial charge in [0.2, 0.25) is 0 Å². The van der Waals surface area contributed by atoms with Gasteiger partial charge in [-0.15, -0.1) is 0 Å². The van der Waals surface area contributed by atoms with Crippen LogP contribution in [0.4, 0.5) is 11.5 Å². The fourth-order valence-corrected chi connectivity index (χ4v) is 1.44. The Morgan fingerprint density at radius 3 is 3.00 bits per heavy atom. The second-order valence-electron chi connectivity index (χ2n) is 3.63. The molecule has 2 aromatic rings. The number of nitrogen functional groups attached to an aromatic ring is 1. The second-order valence-corrected chi connectivity index (χ2v) is 3.63. The maximum Gasteiger partial charge on any atom is 0.126 e. The van der Waals surface area contributed by atoms with Crippen molar-refractivity contribution in [2.75, 3.05) is 17.6 Å². The molecular formula is C11H15N5. The molecule has 84 valence electrons. The van der Waals surface area contributed by atoms with E-state index in [2.05, 4.69) is 15.4 Å². The predicted molar refractivity (Wildman–Crippen MR) is 64.1 cm³/mol. The van der Waals surface area contributed by atoms with E-state index in [9.17, 15) is 0 Å². The molecule has 0 amide bonds. The van der Waals surface area contributed by atoms with Crippen LogP contribution in [0.5, 0.6) is 0 Å². The summed E-state index contributed by atoms with van der Waals surface area (Å²) in [5.41, 5.74) is 7.26. The molecular weight excluding hydrogens is 202 g/mol. The number of hydrogen-bond acceptors (Lipinski definition) is 4. The first-order chi connectivity index (χ1) is 7.74. The molecule has 0 saturated heterocycles. The van der Waals surface area contributed by atoms with Gasteiger partial charge in [-0.05, 0) is 19.1 Å². The molecule has 0 atom stereocenters. The van der Waals surface area contributed by atoms with E-state index in [1.54, 1.807) is 10.9 Å². The maximum atomic E-state index is 5.57. The molecule has 0 bridgehead atoms. The molecule has 0 saturated carbocycles. The third-order valence-corrected chi connectivity index (χ3v) is 2.19. The summed E-state index contributed by atoms with van der Waals surface area (Å²) >= 11 is 0. The van der Waals surface area contributed by atoms with Gasteiger partial charge in [-0.25, -0.2) is 4.98 Å². The highest BCUT2D eigenvalue weighted by atomic mass is 15.3. The maximum absolute atomic E-state index is 5.57. The highest BCUT2D eigenvalue weighted by Gasteiger charge is 1.96. The average molecular weight is 217 g/mol. The summed E-state index contributed by atoms with van der Waals surface area (Å²) in [4.78, 5) is 4.34. The molecule has 0 radical (unpaired) electrons. The van der Waals surface area contributed by atoms with Crippen LogP contribution in [0.1, 0.15) is 5.69 Å². The van der Waals surface area contributed by atoms with Crippen molar-refractivity contribution in [3.05, 3.63) is 36.3 Å². The molecule has 0 aromatic carbocycles. The first-order valence-electron chi connectivity index (χ1n) is 5.19. The SMILES string of the molecule is Cc1cccc(NCCn2cc(N)cn2)n1. The van der Waals surface area contributed by atoms with E-state index in [0.29, 0.717) is 5.69 Å². The van der Waals surface area contributed by atoms with Crippen LogP contribution in [-0.4, -0.2) is 21.3 Å². The van der Waals surface area contributed by atoms with Crippen molar-refractivity contribution < 1.29 is 0 Å². The quantitative estimate of drug-likeness (QED) is 0.809. The highest BCUT2D eigenvalue weighted by molar-refractivity contribution is 5.35. The molecule has 5 nitrogen and oxygen atoms in total. The minimum absolute atomic E-state index is 0.689. The highest BCUT2D eigenvalue weighted by Crippen LogP contribution is 2.03. The zero-order valence-corrected chi connectivity index (χ0v) is 9.22. The van der Waals surface area contributed by atoms with Crippen molar-refractivity contribution in [3.8, 4) is 0 Å². The number of nitrogens with one attached hydrogen (secondary N) is 1. The van der Waals surface area contributed by atoms with Crippen LogP contribution in [0.3, 0.4) is 0 Å². The van der Waals surface area contributed by atoms with E-state index in [4.69, 9.17) is 5.73 Å². The standard InChI is InChI=1S/C11H15N5/c1-9-3-2-4-11(15-9)13-5-6-16-8-10(12)7-14-16/h2-4,7-8H,5-6,12H2,1H3,(H,13,15). The van der Waals surface area contributed by atoms with Crippen molar-refractivity contribution >= 4 is 11.5 Å². The van der Waals surface area contributed by atoms with Gasteiger partial charge in [0.05, 0.1) is 18.4 Å². The Hall–Kier alpha value is -2.04. The molecule has 3 N–H and O–H groups in total. The van der Waals surface area contributed by atoms with Gasteiger partial charge in [0.1, 0.15) is 5.82 Å². The third kappa shape index (κ3) is 2.73. The zero-order valence-electron chi connectivity index (χ0n) is 9.22. The van der Waals surface area contributed by atoms with Gasteiger partial charge in [0.15, 0.2) is 0 Å². The van der Waals surface area contributed by atoms with Gasteiger partial charge >= 0.3 is 0 Å². The number of hydrogen-bond donors (Lipinski definition) is 2. The minimum Gasteiger partial charge on any atom is -0.396 e. The molecule has 0 unspecified atom stereocenters. The van der Waals surface area contributed by atoms with Gasteiger partial charge in [0, 0.05) is 18.4 Å². The van der Waals surface area contributed by atoms with Crippen LogP contribution in [0, 0.1) is 6.92 Å². The topological polar surface area (TPSA) is 68.8 Å². The van der Waals surface area contributed by atoms with Crippen LogP contribution < -0.4 is 11.1 Å². The normalized spacial score (nSPS) is 10.3. The van der Waals surface area contributed by atoms with Gasteiger partial charge in [-0.1, -0.05) is 6.07 Å². The first kappa shape index (κ1) is 10.5. The Kier molecular flexibility index (Phi) is 3.05. The number of aryl methyl sites for hydroxylation is 1. The van der Waals surface area contributed by atoms with E-state index < -0.39 is 0 Å². The molecule has 0 aliphatic heterocycles. The number of aromatic nitrogens is 3. The molecule has 16 heavy (non-hydrogen) atoms. The summed E-state index contributed by atoms with van der Waals surface area (Å²) in [6.45, 7) is 3.52. The lowest BCUT2D eigenvalue weighted by atomic mass is 10.4. The Morgan fingerprint density at radius 2 is 2.31 bits per heavy atom. The van der Waals surface area contributed by atoms with E-state index in [1.165, 1.54) is 0 Å². The molecule has 5 heteroatoms. The Morgan fingerprint density at radius 1 is 1.44 bits per heavy atom. The van der Waals surface area contributed by atoms with Gasteiger partial charge in [-0.2, -0.15) is 5.10 Å². The first-order valence-corrected chi connectivity index (χ1v) is 5.19. The van der Waals surface area contributed by atoms with Gasteiger partial charge < -0.3 is 11.1 Å². The fraction of sp³-hybridized carbons (Fsp3) is 0.273. The summed E-state index contributed by atoms with van der Waals surface area (Å²) in [6.07, 6.45) is 3.45. The number of nitrogens with zero attached hydrogens (tertiary/aromatic N) is 3. The van der Waals surface area contributed by atoms with Crippen LogP contribution in [-0.2, 0) is 6.54 Å². The van der Waals surface area contributed by atoms with Crippen molar-refractivity contribution in [3.63, 3.8) is 0 Å². The number of anilines is 2. The Bertz CT molecular complexity index is 463. The number of pyridine rings is 1. The van der Waals surface area contributed by atoms with Crippen LogP contribution in [0.15, 0.2) is 30.6 Å². The largest absolute Gasteiger partial charge is 0.396 e. The molecule has 2 rings (SSSR count). The average Bonchev–Trinajstić information content (AvgIpc) is 2.64.